The van der Waals surface area contributed by atoms with Crippen molar-refractivity contribution in [2.24, 2.45) is 7.05 Å². The first kappa shape index (κ1) is 9.86. The molecule has 0 amide bonds. The van der Waals surface area contributed by atoms with Crippen molar-refractivity contribution in [3.05, 3.63) is 47.5 Å². The standard InChI is InChI=1S/C11H13N3O/c1-8-6-10(13-14(8)2)11(15)9-4-3-5-12-7-9/h3-7,11,15H,1-2H3/t11-/m1/s1. The zero-order chi connectivity index (χ0) is 10.8. The summed E-state index contributed by atoms with van der Waals surface area (Å²) in [7, 11) is 1.86. The van der Waals surface area contributed by atoms with Gasteiger partial charge in [-0.15, -0.1) is 0 Å². The number of nitrogens with zero attached hydrogens (tertiary/aromatic N) is 3. The molecule has 0 fully saturated rings. The van der Waals surface area contributed by atoms with Crippen molar-refractivity contribution in [2.45, 2.75) is 13.0 Å². The second kappa shape index (κ2) is 3.82. The molecule has 1 N–H and O–H groups in total. The van der Waals surface area contributed by atoms with E-state index >= 15 is 0 Å². The summed E-state index contributed by atoms with van der Waals surface area (Å²) in [5.41, 5.74) is 2.44. The summed E-state index contributed by atoms with van der Waals surface area (Å²) >= 11 is 0. The second-order valence-electron chi connectivity index (χ2n) is 3.52. The molecule has 78 valence electrons. The van der Waals surface area contributed by atoms with Crippen LogP contribution in [0.4, 0.5) is 0 Å². The summed E-state index contributed by atoms with van der Waals surface area (Å²) in [6, 6.07) is 5.51. The highest BCUT2D eigenvalue weighted by atomic mass is 16.3. The van der Waals surface area contributed by atoms with E-state index in [9.17, 15) is 5.11 Å². The lowest BCUT2D eigenvalue weighted by atomic mass is 10.1. The molecule has 2 aromatic rings. The SMILES string of the molecule is Cc1cc([C@H](O)c2cccnc2)nn1C. The van der Waals surface area contributed by atoms with Crippen LogP contribution in [0.15, 0.2) is 30.6 Å². The minimum atomic E-state index is -0.696. The highest BCUT2D eigenvalue weighted by Crippen LogP contribution is 2.19. The number of aromatic nitrogens is 3. The summed E-state index contributed by atoms with van der Waals surface area (Å²) in [4.78, 5) is 3.97. The van der Waals surface area contributed by atoms with E-state index < -0.39 is 6.10 Å². The first-order valence-electron chi connectivity index (χ1n) is 4.77. The fraction of sp³-hybridized carbons (Fsp3) is 0.273. The molecular formula is C11H13N3O. The lowest BCUT2D eigenvalue weighted by Gasteiger charge is -2.06. The van der Waals surface area contributed by atoms with Crippen LogP contribution in [-0.4, -0.2) is 19.9 Å². The molecule has 0 bridgehead atoms. The molecule has 4 heteroatoms. The van der Waals surface area contributed by atoms with Gasteiger partial charge in [-0.1, -0.05) is 6.07 Å². The number of aliphatic hydroxyl groups excluding tert-OH is 1. The van der Waals surface area contributed by atoms with E-state index in [4.69, 9.17) is 0 Å². The van der Waals surface area contributed by atoms with Gasteiger partial charge < -0.3 is 5.11 Å². The second-order valence-corrected chi connectivity index (χ2v) is 3.52. The molecular weight excluding hydrogens is 190 g/mol. The van der Waals surface area contributed by atoms with E-state index in [2.05, 4.69) is 10.1 Å². The highest BCUT2D eigenvalue weighted by molar-refractivity contribution is 5.23. The Balaban J connectivity index is 2.32. The van der Waals surface area contributed by atoms with Gasteiger partial charge >= 0.3 is 0 Å². The lowest BCUT2D eigenvalue weighted by molar-refractivity contribution is 0.214. The maximum absolute atomic E-state index is 10.0. The Morgan fingerprint density at radius 1 is 1.47 bits per heavy atom. The van der Waals surface area contributed by atoms with Crippen LogP contribution in [0.3, 0.4) is 0 Å². The average Bonchev–Trinajstić information content (AvgIpc) is 2.59. The molecule has 1 atom stereocenters. The lowest BCUT2D eigenvalue weighted by Crippen LogP contribution is -2.02. The predicted molar refractivity (Wildman–Crippen MR) is 56.2 cm³/mol. The summed E-state index contributed by atoms with van der Waals surface area (Å²) in [5.74, 6) is 0. The first-order chi connectivity index (χ1) is 7.18. The fourth-order valence-electron chi connectivity index (χ4n) is 1.43. The van der Waals surface area contributed by atoms with E-state index in [1.54, 1.807) is 23.1 Å². The van der Waals surface area contributed by atoms with Crippen LogP contribution in [0.1, 0.15) is 23.1 Å². The number of aliphatic hydroxyl groups is 1. The van der Waals surface area contributed by atoms with Crippen LogP contribution in [0.5, 0.6) is 0 Å². The van der Waals surface area contributed by atoms with Crippen LogP contribution in [0, 0.1) is 6.92 Å². The zero-order valence-corrected chi connectivity index (χ0v) is 8.75. The Hall–Kier alpha value is -1.68. The van der Waals surface area contributed by atoms with E-state index in [1.165, 1.54) is 0 Å². The van der Waals surface area contributed by atoms with E-state index in [-0.39, 0.29) is 0 Å². The summed E-state index contributed by atoms with van der Waals surface area (Å²) in [5, 5.41) is 14.2. The minimum Gasteiger partial charge on any atom is -0.382 e. The quantitative estimate of drug-likeness (QED) is 0.798. The molecule has 2 aromatic heterocycles. The van der Waals surface area contributed by atoms with Crippen molar-refractivity contribution in [1.82, 2.24) is 14.8 Å². The Kier molecular flexibility index (Phi) is 2.51. The van der Waals surface area contributed by atoms with Crippen molar-refractivity contribution in [1.29, 1.82) is 0 Å². The number of aryl methyl sites for hydroxylation is 2. The van der Waals surface area contributed by atoms with Crippen molar-refractivity contribution < 1.29 is 5.11 Å². The van der Waals surface area contributed by atoms with Gasteiger partial charge in [-0.3, -0.25) is 9.67 Å². The molecule has 15 heavy (non-hydrogen) atoms. The predicted octanol–water partition coefficient (Wildman–Crippen LogP) is 1.21. The van der Waals surface area contributed by atoms with Crippen LogP contribution in [-0.2, 0) is 7.05 Å². The average molecular weight is 203 g/mol. The molecule has 0 aliphatic heterocycles. The van der Waals surface area contributed by atoms with Gasteiger partial charge in [-0.25, -0.2) is 0 Å². The fourth-order valence-corrected chi connectivity index (χ4v) is 1.43. The normalized spacial score (nSPS) is 12.7. The Morgan fingerprint density at radius 3 is 2.80 bits per heavy atom. The summed E-state index contributed by atoms with van der Waals surface area (Å²) in [6.45, 7) is 1.95. The molecule has 0 aliphatic rings. The van der Waals surface area contributed by atoms with Crippen molar-refractivity contribution in [3.8, 4) is 0 Å². The van der Waals surface area contributed by atoms with Crippen LogP contribution in [0.2, 0.25) is 0 Å². The zero-order valence-electron chi connectivity index (χ0n) is 8.75. The van der Waals surface area contributed by atoms with Gasteiger partial charge in [0, 0.05) is 30.7 Å². The van der Waals surface area contributed by atoms with E-state index in [0.29, 0.717) is 5.69 Å². The number of hydrogen-bond donors (Lipinski definition) is 1. The van der Waals surface area contributed by atoms with E-state index in [0.717, 1.165) is 11.3 Å². The van der Waals surface area contributed by atoms with Crippen molar-refractivity contribution in [2.75, 3.05) is 0 Å². The number of hydrogen-bond acceptors (Lipinski definition) is 3. The smallest absolute Gasteiger partial charge is 0.124 e. The third-order valence-corrected chi connectivity index (χ3v) is 2.41. The van der Waals surface area contributed by atoms with Gasteiger partial charge in [0.25, 0.3) is 0 Å². The summed E-state index contributed by atoms with van der Waals surface area (Å²) in [6.07, 6.45) is 2.63. The highest BCUT2D eigenvalue weighted by Gasteiger charge is 2.14. The van der Waals surface area contributed by atoms with Crippen LogP contribution < -0.4 is 0 Å². The van der Waals surface area contributed by atoms with Gasteiger partial charge in [0.05, 0.1) is 5.69 Å². The molecule has 0 saturated heterocycles. The molecule has 4 nitrogen and oxygen atoms in total. The monoisotopic (exact) mass is 203 g/mol. The van der Waals surface area contributed by atoms with Crippen LogP contribution in [0.25, 0.3) is 0 Å². The van der Waals surface area contributed by atoms with Crippen LogP contribution >= 0.6 is 0 Å². The third-order valence-electron chi connectivity index (χ3n) is 2.41. The van der Waals surface area contributed by atoms with Gasteiger partial charge in [0.1, 0.15) is 6.10 Å². The Bertz CT molecular complexity index is 431. The minimum absolute atomic E-state index is 0.656. The maximum atomic E-state index is 10.0. The molecule has 2 rings (SSSR count). The largest absolute Gasteiger partial charge is 0.382 e. The number of pyridine rings is 1. The third kappa shape index (κ3) is 1.89. The van der Waals surface area contributed by atoms with Crippen molar-refractivity contribution >= 4 is 0 Å². The molecule has 0 radical (unpaired) electrons. The summed E-state index contributed by atoms with van der Waals surface area (Å²) < 4.78 is 1.74. The topological polar surface area (TPSA) is 50.9 Å². The van der Waals surface area contributed by atoms with Gasteiger partial charge in [0.2, 0.25) is 0 Å². The molecule has 0 unspecified atom stereocenters. The van der Waals surface area contributed by atoms with E-state index in [1.807, 2.05) is 26.1 Å². The molecule has 0 aliphatic carbocycles. The van der Waals surface area contributed by atoms with Gasteiger partial charge in [-0.2, -0.15) is 5.10 Å². The molecule has 0 aromatic carbocycles. The van der Waals surface area contributed by atoms with Gasteiger partial charge in [-0.05, 0) is 19.1 Å². The van der Waals surface area contributed by atoms with Gasteiger partial charge in [0.15, 0.2) is 0 Å². The number of rotatable bonds is 2. The Morgan fingerprint density at radius 2 is 2.27 bits per heavy atom. The maximum Gasteiger partial charge on any atom is 0.124 e. The molecule has 0 saturated carbocycles. The Labute approximate surface area is 88.2 Å². The molecule has 2 heterocycles. The van der Waals surface area contributed by atoms with Crippen molar-refractivity contribution in [3.63, 3.8) is 0 Å². The molecule has 0 spiro atoms. The first-order valence-corrected chi connectivity index (χ1v) is 4.77.